The first-order chi connectivity index (χ1) is 16.6. The largest absolute Gasteiger partial charge is 0.496 e. The van der Waals surface area contributed by atoms with Crippen molar-refractivity contribution in [3.05, 3.63) is 65.9 Å². The molecule has 3 aromatic carbocycles. The molecule has 0 aliphatic rings. The first-order valence-corrected chi connectivity index (χ1v) is 10.3. The van der Waals surface area contributed by atoms with E-state index in [0.29, 0.717) is 34.3 Å². The summed E-state index contributed by atoms with van der Waals surface area (Å²) >= 11 is 0. The monoisotopic (exact) mass is 460 g/mol. The molecule has 1 heterocycles. The van der Waals surface area contributed by atoms with Crippen LogP contribution < -0.4 is 24.4 Å². The van der Waals surface area contributed by atoms with Gasteiger partial charge >= 0.3 is 0 Å². The average Bonchev–Trinajstić information content (AvgIpc) is 3.37. The number of nitrogens with one attached hydrogen (secondary N) is 2. The summed E-state index contributed by atoms with van der Waals surface area (Å²) in [5.74, 6) is 1.66. The van der Waals surface area contributed by atoms with Crippen molar-refractivity contribution in [2.45, 2.75) is 0 Å². The molecule has 0 bridgehead atoms. The lowest BCUT2D eigenvalue weighted by molar-refractivity contribution is 0.0950. The summed E-state index contributed by atoms with van der Waals surface area (Å²) < 4.78 is 21.5. The summed E-state index contributed by atoms with van der Waals surface area (Å²) in [4.78, 5) is 12.6. The summed E-state index contributed by atoms with van der Waals surface area (Å²) in [5.41, 5.74) is 4.80. The van der Waals surface area contributed by atoms with Gasteiger partial charge in [0.05, 0.1) is 45.9 Å². The Balaban J connectivity index is 1.56. The lowest BCUT2D eigenvalue weighted by atomic mass is 10.0. The van der Waals surface area contributed by atoms with Crippen molar-refractivity contribution < 1.29 is 23.7 Å². The number of hydrazone groups is 1. The summed E-state index contributed by atoms with van der Waals surface area (Å²) in [6.45, 7) is 0. The number of fused-ring (bicyclic) bond motifs is 1. The highest BCUT2D eigenvalue weighted by molar-refractivity contribution is 6.00. The second-order valence-electron chi connectivity index (χ2n) is 7.19. The van der Waals surface area contributed by atoms with Gasteiger partial charge in [-0.15, -0.1) is 0 Å². The molecule has 0 atom stereocenters. The zero-order valence-corrected chi connectivity index (χ0v) is 19.2. The van der Waals surface area contributed by atoms with E-state index in [0.717, 1.165) is 16.3 Å². The molecule has 34 heavy (non-hydrogen) atoms. The fraction of sp³-hybridized carbons (Fsp3) is 0.160. The van der Waals surface area contributed by atoms with Crippen molar-refractivity contribution >= 4 is 22.9 Å². The van der Waals surface area contributed by atoms with Gasteiger partial charge in [-0.2, -0.15) is 10.2 Å². The van der Waals surface area contributed by atoms with Crippen LogP contribution in [0.1, 0.15) is 16.1 Å². The minimum absolute atomic E-state index is 0.257. The fourth-order valence-electron chi connectivity index (χ4n) is 3.65. The molecule has 9 heteroatoms. The van der Waals surface area contributed by atoms with Crippen molar-refractivity contribution in [3.8, 4) is 34.3 Å². The van der Waals surface area contributed by atoms with Crippen LogP contribution in [-0.4, -0.2) is 50.8 Å². The molecule has 0 radical (unpaired) electrons. The van der Waals surface area contributed by atoms with E-state index in [-0.39, 0.29) is 5.69 Å². The molecular formula is C25H24N4O5. The molecule has 4 rings (SSSR count). The maximum absolute atomic E-state index is 12.6. The highest BCUT2D eigenvalue weighted by atomic mass is 16.5. The van der Waals surface area contributed by atoms with Gasteiger partial charge in [0, 0.05) is 5.56 Å². The normalized spacial score (nSPS) is 10.9. The second-order valence-corrected chi connectivity index (χ2v) is 7.19. The number of carbonyl (C=O) groups is 1. The van der Waals surface area contributed by atoms with Crippen LogP contribution in [-0.2, 0) is 0 Å². The lowest BCUT2D eigenvalue weighted by Gasteiger charge is -2.12. The number of nitrogens with zero attached hydrogens (tertiary/aromatic N) is 2. The van der Waals surface area contributed by atoms with Crippen LogP contribution in [0.5, 0.6) is 23.0 Å². The zero-order chi connectivity index (χ0) is 24.1. The van der Waals surface area contributed by atoms with Crippen molar-refractivity contribution in [1.82, 2.24) is 15.6 Å². The standard InChI is InChI=1S/C25H24N4O5/c1-31-20-10-9-16-7-5-6-8-17(16)23(20)18-13-19(28-27-18)25(30)29-26-14-15-11-21(32-2)24(34-4)22(12-15)33-3/h5-14H,1-4H3,(H,27,28)(H,29,30). The van der Waals surface area contributed by atoms with Crippen LogP contribution >= 0.6 is 0 Å². The summed E-state index contributed by atoms with van der Waals surface area (Å²) in [6.07, 6.45) is 1.48. The van der Waals surface area contributed by atoms with Crippen molar-refractivity contribution in [2.24, 2.45) is 5.10 Å². The zero-order valence-electron chi connectivity index (χ0n) is 19.2. The van der Waals surface area contributed by atoms with Gasteiger partial charge in [-0.3, -0.25) is 9.89 Å². The van der Waals surface area contributed by atoms with Crippen molar-refractivity contribution in [2.75, 3.05) is 28.4 Å². The Bertz CT molecular complexity index is 1340. The molecule has 0 unspecified atom stereocenters. The molecular weight excluding hydrogens is 436 g/mol. The molecule has 0 saturated carbocycles. The number of amides is 1. The summed E-state index contributed by atoms with van der Waals surface area (Å²) in [7, 11) is 6.19. The van der Waals surface area contributed by atoms with Crippen LogP contribution in [0.4, 0.5) is 0 Å². The lowest BCUT2D eigenvalue weighted by Crippen LogP contribution is -2.18. The molecule has 4 aromatic rings. The first kappa shape index (κ1) is 22.7. The predicted octanol–water partition coefficient (Wildman–Crippen LogP) is 4.03. The number of hydrogen-bond acceptors (Lipinski definition) is 7. The number of ether oxygens (including phenoxy) is 4. The topological polar surface area (TPSA) is 107 Å². The molecule has 0 aliphatic heterocycles. The smallest absolute Gasteiger partial charge is 0.289 e. The van der Waals surface area contributed by atoms with E-state index in [1.54, 1.807) is 25.3 Å². The molecule has 2 N–H and O–H groups in total. The number of aromatic nitrogens is 2. The van der Waals surface area contributed by atoms with Gasteiger partial charge in [0.25, 0.3) is 5.91 Å². The Morgan fingerprint density at radius 2 is 1.62 bits per heavy atom. The maximum atomic E-state index is 12.6. The Morgan fingerprint density at radius 1 is 0.912 bits per heavy atom. The van der Waals surface area contributed by atoms with Gasteiger partial charge in [-0.1, -0.05) is 30.3 Å². The molecule has 9 nitrogen and oxygen atoms in total. The number of carbonyl (C=O) groups excluding carboxylic acids is 1. The maximum Gasteiger partial charge on any atom is 0.289 e. The molecule has 0 saturated heterocycles. The van der Waals surface area contributed by atoms with Gasteiger partial charge in [-0.25, -0.2) is 5.43 Å². The van der Waals surface area contributed by atoms with Crippen molar-refractivity contribution in [1.29, 1.82) is 0 Å². The number of aromatic amines is 1. The average molecular weight is 460 g/mol. The Morgan fingerprint density at radius 3 is 2.29 bits per heavy atom. The van der Waals surface area contributed by atoms with E-state index >= 15 is 0 Å². The number of rotatable bonds is 8. The number of benzene rings is 3. The Labute approximate surface area is 196 Å². The van der Waals surface area contributed by atoms with Gasteiger partial charge < -0.3 is 18.9 Å². The number of H-pyrrole nitrogens is 1. The fourth-order valence-corrected chi connectivity index (χ4v) is 3.65. The molecule has 174 valence electrons. The van der Waals surface area contributed by atoms with Crippen LogP contribution in [0.25, 0.3) is 22.0 Å². The van der Waals surface area contributed by atoms with Gasteiger partial charge in [0.15, 0.2) is 11.5 Å². The third kappa shape index (κ3) is 4.36. The minimum Gasteiger partial charge on any atom is -0.496 e. The van der Waals surface area contributed by atoms with Crippen LogP contribution in [0.2, 0.25) is 0 Å². The van der Waals surface area contributed by atoms with E-state index in [2.05, 4.69) is 20.7 Å². The molecule has 1 aromatic heterocycles. The third-order valence-corrected chi connectivity index (χ3v) is 5.26. The predicted molar refractivity (Wildman–Crippen MR) is 129 cm³/mol. The molecule has 1 amide bonds. The van der Waals surface area contributed by atoms with E-state index in [4.69, 9.17) is 18.9 Å². The van der Waals surface area contributed by atoms with Crippen LogP contribution in [0, 0.1) is 0 Å². The number of hydrogen-bond donors (Lipinski definition) is 2. The van der Waals surface area contributed by atoms with Gasteiger partial charge in [0.1, 0.15) is 11.4 Å². The molecule has 0 spiro atoms. The van der Waals surface area contributed by atoms with Crippen LogP contribution in [0.3, 0.4) is 0 Å². The van der Waals surface area contributed by atoms with E-state index in [1.807, 2.05) is 36.4 Å². The Hall–Kier alpha value is -4.53. The highest BCUT2D eigenvalue weighted by Gasteiger charge is 2.17. The van der Waals surface area contributed by atoms with E-state index < -0.39 is 5.91 Å². The van der Waals surface area contributed by atoms with E-state index in [1.165, 1.54) is 27.5 Å². The summed E-state index contributed by atoms with van der Waals surface area (Å²) in [6, 6.07) is 16.9. The van der Waals surface area contributed by atoms with E-state index in [9.17, 15) is 4.79 Å². The molecule has 0 fully saturated rings. The summed E-state index contributed by atoms with van der Waals surface area (Å²) in [5, 5.41) is 13.2. The second kappa shape index (κ2) is 9.95. The van der Waals surface area contributed by atoms with Gasteiger partial charge in [-0.05, 0) is 35.0 Å². The first-order valence-electron chi connectivity index (χ1n) is 10.3. The van der Waals surface area contributed by atoms with Gasteiger partial charge in [0.2, 0.25) is 5.75 Å². The van der Waals surface area contributed by atoms with Crippen LogP contribution in [0.15, 0.2) is 59.7 Å². The number of methoxy groups -OCH3 is 4. The SMILES string of the molecule is COc1cc(C=NNC(=O)c2cc(-c3c(OC)ccc4ccccc34)n[nH]2)cc(OC)c1OC. The highest BCUT2D eigenvalue weighted by Crippen LogP contribution is 2.38. The van der Waals surface area contributed by atoms with Crippen molar-refractivity contribution in [3.63, 3.8) is 0 Å². The third-order valence-electron chi connectivity index (χ3n) is 5.26. The Kier molecular flexibility index (Phi) is 6.63. The minimum atomic E-state index is -0.443. The molecule has 0 aliphatic carbocycles. The quantitative estimate of drug-likeness (QED) is 0.304.